The summed E-state index contributed by atoms with van der Waals surface area (Å²) in [5.41, 5.74) is 4.41. The number of phosphoric ester groups is 1. The van der Waals surface area contributed by atoms with Crippen molar-refractivity contribution < 1.29 is 56.3 Å². The van der Waals surface area contributed by atoms with Crippen molar-refractivity contribution in [1.29, 1.82) is 0 Å². The highest BCUT2D eigenvalue weighted by Crippen LogP contribution is 2.67. The van der Waals surface area contributed by atoms with Crippen molar-refractivity contribution in [2.75, 3.05) is 5.73 Å². The fourth-order valence-electron chi connectivity index (χ4n) is 2.20. The van der Waals surface area contributed by atoms with Gasteiger partial charge in [-0.2, -0.15) is 13.6 Å². The number of ether oxygens (including phenoxy) is 1. The molecule has 2 heterocycles. The number of anilines is 1. The van der Waals surface area contributed by atoms with Gasteiger partial charge in [-0.25, -0.2) is 18.5 Å². The van der Waals surface area contributed by atoms with Crippen LogP contribution in [0.15, 0.2) is 17.1 Å². The first kappa shape index (κ1) is 24.6. The van der Waals surface area contributed by atoms with Gasteiger partial charge in [0, 0.05) is 6.20 Å². The Balaban J connectivity index is 2.23. The fourth-order valence-corrected chi connectivity index (χ4v) is 5.55. The van der Waals surface area contributed by atoms with Gasteiger partial charge < -0.3 is 35.2 Å². The molecule has 16 nitrogen and oxygen atoms in total. The third-order valence-corrected chi connectivity index (χ3v) is 7.55. The summed E-state index contributed by atoms with van der Waals surface area (Å²) in [5.74, 6) is -0.133. The van der Waals surface area contributed by atoms with Crippen LogP contribution in [0.2, 0.25) is 0 Å². The molecule has 0 bridgehead atoms. The van der Waals surface area contributed by atoms with Crippen molar-refractivity contribution in [1.82, 2.24) is 9.55 Å². The SMILES string of the molecule is C[C@@]1(Cl)[C@H](O)C(OP(=O)(O)OP(=O)(O)OP(=O)(O)O)O[C@H]1n1ccc(N)nc1=O. The van der Waals surface area contributed by atoms with Gasteiger partial charge in [0.25, 0.3) is 0 Å². The summed E-state index contributed by atoms with van der Waals surface area (Å²) < 4.78 is 51.3. The smallest absolute Gasteiger partial charge is 0.386 e. The number of phosphoric acid groups is 3. The van der Waals surface area contributed by atoms with Gasteiger partial charge in [-0.3, -0.25) is 9.09 Å². The van der Waals surface area contributed by atoms with Crippen LogP contribution in [-0.4, -0.2) is 51.5 Å². The standard InChI is InChI=1S/C9H15ClN3O13P3/c1-9(10)5(14)6(23-7(9)13-3-2-4(11)12-8(13)15)24-28(19,20)26-29(21,22)25-27(16,17)18/h2-3,5-7,14H,1H3,(H,19,20)(H,21,22)(H2,11,12,15)(H2,16,17,18)/t5-,6?,7-,9-/m1/s1. The molecule has 0 saturated carbocycles. The Hall–Kier alpha value is -0.700. The quantitative estimate of drug-likeness (QED) is 0.201. The maximum Gasteiger partial charge on any atom is 0.490 e. The van der Waals surface area contributed by atoms with E-state index in [4.69, 9.17) is 36.8 Å². The number of nitrogen functional groups attached to an aromatic ring is 1. The van der Waals surface area contributed by atoms with Gasteiger partial charge in [-0.05, 0) is 13.0 Å². The zero-order valence-electron chi connectivity index (χ0n) is 14.1. The Morgan fingerprint density at radius 1 is 1.24 bits per heavy atom. The molecule has 0 amide bonds. The molecule has 1 aliphatic rings. The lowest BCUT2D eigenvalue weighted by molar-refractivity contribution is -0.134. The van der Waals surface area contributed by atoms with E-state index in [0.29, 0.717) is 0 Å². The summed E-state index contributed by atoms with van der Waals surface area (Å²) >= 11 is 6.16. The average Bonchev–Trinajstić information content (AvgIpc) is 2.67. The molecule has 1 saturated heterocycles. The van der Waals surface area contributed by atoms with E-state index in [9.17, 15) is 28.5 Å². The highest BCUT2D eigenvalue weighted by Gasteiger charge is 2.56. The van der Waals surface area contributed by atoms with E-state index < -0.39 is 52.7 Å². The maximum atomic E-state index is 12.0. The van der Waals surface area contributed by atoms with Crippen LogP contribution < -0.4 is 11.4 Å². The monoisotopic (exact) mass is 501 g/mol. The molecule has 7 N–H and O–H groups in total. The molecule has 166 valence electrons. The molecule has 20 heteroatoms. The van der Waals surface area contributed by atoms with Crippen molar-refractivity contribution in [3.8, 4) is 0 Å². The molecule has 6 atom stereocenters. The van der Waals surface area contributed by atoms with Crippen LogP contribution in [-0.2, 0) is 31.6 Å². The number of aliphatic hydroxyl groups is 1. The summed E-state index contributed by atoms with van der Waals surface area (Å²) in [6, 6.07) is 1.19. The third kappa shape index (κ3) is 6.15. The first-order valence-corrected chi connectivity index (χ1v) is 12.0. The number of halogens is 1. The van der Waals surface area contributed by atoms with Gasteiger partial charge >= 0.3 is 29.2 Å². The number of aliphatic hydroxyl groups excluding tert-OH is 1. The Kier molecular flexibility index (Phi) is 6.86. The van der Waals surface area contributed by atoms with Crippen LogP contribution in [0, 0.1) is 0 Å². The topological polar surface area (TPSA) is 250 Å². The zero-order chi connectivity index (χ0) is 22.4. The van der Waals surface area contributed by atoms with E-state index >= 15 is 0 Å². The van der Waals surface area contributed by atoms with Crippen LogP contribution in [0.25, 0.3) is 0 Å². The number of alkyl halides is 1. The average molecular weight is 502 g/mol. The molecule has 2 rings (SSSR count). The predicted octanol–water partition coefficient (Wildman–Crippen LogP) is -0.618. The summed E-state index contributed by atoms with van der Waals surface area (Å²) in [6.07, 6.45) is -4.42. The number of nitrogens with two attached hydrogens (primary N) is 1. The molecular weight excluding hydrogens is 486 g/mol. The van der Waals surface area contributed by atoms with E-state index in [1.54, 1.807) is 0 Å². The summed E-state index contributed by atoms with van der Waals surface area (Å²) in [5, 5.41) is 10.2. The second-order valence-corrected chi connectivity index (χ2v) is 10.9. The number of rotatable bonds is 7. The number of hydrogen-bond donors (Lipinski definition) is 6. The van der Waals surface area contributed by atoms with Crippen molar-refractivity contribution in [2.45, 2.75) is 30.4 Å². The maximum absolute atomic E-state index is 12.0. The van der Waals surface area contributed by atoms with Crippen LogP contribution in [0.3, 0.4) is 0 Å². The Bertz CT molecular complexity index is 978. The molecule has 1 fully saturated rings. The highest BCUT2D eigenvalue weighted by molar-refractivity contribution is 7.66. The molecule has 1 aromatic rings. The third-order valence-electron chi connectivity index (χ3n) is 3.34. The molecule has 0 radical (unpaired) electrons. The lowest BCUT2D eigenvalue weighted by Gasteiger charge is -2.26. The van der Waals surface area contributed by atoms with Crippen LogP contribution in [0.1, 0.15) is 13.2 Å². The lowest BCUT2D eigenvalue weighted by atomic mass is 10.0. The minimum Gasteiger partial charge on any atom is -0.386 e. The van der Waals surface area contributed by atoms with Crippen molar-refractivity contribution in [3.63, 3.8) is 0 Å². The normalized spacial score (nSPS) is 31.9. The lowest BCUT2D eigenvalue weighted by Crippen LogP contribution is -2.41. The first-order chi connectivity index (χ1) is 12.9. The summed E-state index contributed by atoms with van der Waals surface area (Å²) in [6.45, 7) is 1.17. The van der Waals surface area contributed by atoms with E-state index in [-0.39, 0.29) is 5.82 Å². The van der Waals surface area contributed by atoms with Crippen molar-refractivity contribution in [3.05, 3.63) is 22.7 Å². The van der Waals surface area contributed by atoms with Crippen LogP contribution in [0.4, 0.5) is 5.82 Å². The first-order valence-electron chi connectivity index (χ1n) is 7.13. The van der Waals surface area contributed by atoms with Gasteiger partial charge in [0.1, 0.15) is 16.8 Å². The second kappa shape index (κ2) is 8.09. The molecule has 0 spiro atoms. The summed E-state index contributed by atoms with van der Waals surface area (Å²) in [4.78, 5) is 49.2. The van der Waals surface area contributed by atoms with Gasteiger partial charge in [-0.1, -0.05) is 0 Å². The van der Waals surface area contributed by atoms with Gasteiger partial charge in [-0.15, -0.1) is 11.6 Å². The molecule has 0 aliphatic carbocycles. The molecule has 29 heavy (non-hydrogen) atoms. The Morgan fingerprint density at radius 2 is 1.83 bits per heavy atom. The van der Waals surface area contributed by atoms with Gasteiger partial charge in [0.05, 0.1) is 0 Å². The minimum atomic E-state index is -5.78. The highest BCUT2D eigenvalue weighted by atomic mass is 35.5. The van der Waals surface area contributed by atoms with E-state index in [1.807, 2.05) is 0 Å². The fraction of sp³-hybridized carbons (Fsp3) is 0.556. The van der Waals surface area contributed by atoms with Crippen molar-refractivity contribution >= 4 is 40.9 Å². The minimum absolute atomic E-state index is 0.133. The van der Waals surface area contributed by atoms with Gasteiger partial charge in [0.15, 0.2) is 12.5 Å². The van der Waals surface area contributed by atoms with E-state index in [0.717, 1.165) is 10.8 Å². The second-order valence-electron chi connectivity index (χ2n) is 5.69. The predicted molar refractivity (Wildman–Crippen MR) is 92.0 cm³/mol. The number of hydrogen-bond acceptors (Lipinski definition) is 11. The number of nitrogens with zero attached hydrogens (tertiary/aromatic N) is 2. The number of aromatic nitrogens is 2. The van der Waals surface area contributed by atoms with Gasteiger partial charge in [0.2, 0.25) is 0 Å². The summed E-state index contributed by atoms with van der Waals surface area (Å²) in [7, 11) is -17.0. The van der Waals surface area contributed by atoms with Crippen LogP contribution in [0.5, 0.6) is 0 Å². The van der Waals surface area contributed by atoms with E-state index in [1.165, 1.54) is 13.0 Å². The van der Waals surface area contributed by atoms with Crippen LogP contribution >= 0.6 is 35.1 Å². The molecule has 3 unspecified atom stereocenters. The van der Waals surface area contributed by atoms with Crippen molar-refractivity contribution in [2.24, 2.45) is 0 Å². The molecular formula is C9H15ClN3O13P3. The Morgan fingerprint density at radius 3 is 2.34 bits per heavy atom. The Labute approximate surface area is 166 Å². The molecule has 1 aromatic heterocycles. The van der Waals surface area contributed by atoms with E-state index in [2.05, 4.69) is 18.1 Å². The molecule has 1 aliphatic heterocycles. The molecule has 0 aromatic carbocycles. The largest absolute Gasteiger partial charge is 0.490 e. The zero-order valence-corrected chi connectivity index (χ0v) is 17.5.